The van der Waals surface area contributed by atoms with Crippen LogP contribution in [0.2, 0.25) is 0 Å². The molecule has 3 nitrogen and oxygen atoms in total. The van der Waals surface area contributed by atoms with Crippen molar-refractivity contribution >= 4 is 5.70 Å². The molecule has 0 saturated carbocycles. The Bertz CT molecular complexity index is 428. The van der Waals surface area contributed by atoms with Crippen molar-refractivity contribution in [3.63, 3.8) is 0 Å². The third-order valence-corrected chi connectivity index (χ3v) is 2.85. The predicted octanol–water partition coefficient (Wildman–Crippen LogP) is 2.48. The van der Waals surface area contributed by atoms with Crippen LogP contribution in [0.3, 0.4) is 0 Å². The number of pyridine rings is 1. The molecule has 0 radical (unpaired) electrons. The maximum atomic E-state index is 7.32. The normalized spacial score (nSPS) is 23.6. The molecule has 1 aromatic rings. The second-order valence-corrected chi connectivity index (χ2v) is 4.11. The zero-order chi connectivity index (χ0) is 11.4. The molecule has 1 aliphatic rings. The molecule has 16 heavy (non-hydrogen) atoms. The summed E-state index contributed by atoms with van der Waals surface area (Å²) in [7, 11) is 0. The molecule has 1 fully saturated rings. The van der Waals surface area contributed by atoms with Gasteiger partial charge in [0.15, 0.2) is 5.70 Å². The lowest BCUT2D eigenvalue weighted by Crippen LogP contribution is -2.32. The van der Waals surface area contributed by atoms with Crippen molar-refractivity contribution in [2.24, 2.45) is 0 Å². The van der Waals surface area contributed by atoms with Gasteiger partial charge in [0.2, 0.25) is 0 Å². The Morgan fingerprint density at radius 1 is 1.62 bits per heavy atom. The van der Waals surface area contributed by atoms with Gasteiger partial charge in [0.05, 0.1) is 6.57 Å². The smallest absolute Gasteiger partial charge is 0.195 e. The molecule has 0 amide bonds. The SMILES string of the molecule is [C-]#[N+]/C(=C1\CCNC(C)C1)c1cccnc1. The summed E-state index contributed by atoms with van der Waals surface area (Å²) < 4.78 is 0. The molecule has 82 valence electrons. The number of piperidine rings is 1. The minimum atomic E-state index is 0.470. The zero-order valence-corrected chi connectivity index (χ0v) is 9.40. The Kier molecular flexibility index (Phi) is 3.33. The summed E-state index contributed by atoms with van der Waals surface area (Å²) in [5, 5.41) is 3.39. The van der Waals surface area contributed by atoms with Crippen LogP contribution in [0.4, 0.5) is 0 Å². The molecule has 0 bridgehead atoms. The summed E-state index contributed by atoms with van der Waals surface area (Å²) >= 11 is 0. The number of hydrogen-bond acceptors (Lipinski definition) is 2. The molecule has 1 atom stereocenters. The fourth-order valence-electron chi connectivity index (χ4n) is 2.08. The van der Waals surface area contributed by atoms with Gasteiger partial charge in [-0.1, -0.05) is 11.6 Å². The highest BCUT2D eigenvalue weighted by Crippen LogP contribution is 2.26. The minimum absolute atomic E-state index is 0.470. The van der Waals surface area contributed by atoms with Gasteiger partial charge in [-0.25, -0.2) is 4.85 Å². The van der Waals surface area contributed by atoms with Gasteiger partial charge in [-0.3, -0.25) is 4.98 Å². The van der Waals surface area contributed by atoms with Crippen LogP contribution in [0.25, 0.3) is 10.5 Å². The van der Waals surface area contributed by atoms with Gasteiger partial charge in [0, 0.05) is 18.4 Å². The van der Waals surface area contributed by atoms with Crippen LogP contribution in [0, 0.1) is 6.57 Å². The molecule has 0 aromatic carbocycles. The Hall–Kier alpha value is -1.66. The molecule has 1 aromatic heterocycles. The molecule has 1 saturated heterocycles. The summed E-state index contributed by atoms with van der Waals surface area (Å²) in [6.07, 6.45) is 5.44. The van der Waals surface area contributed by atoms with E-state index in [4.69, 9.17) is 6.57 Å². The van der Waals surface area contributed by atoms with Crippen molar-refractivity contribution in [1.29, 1.82) is 0 Å². The van der Waals surface area contributed by atoms with E-state index in [-0.39, 0.29) is 0 Å². The van der Waals surface area contributed by atoms with E-state index in [0.29, 0.717) is 6.04 Å². The average Bonchev–Trinajstić information content (AvgIpc) is 2.31. The lowest BCUT2D eigenvalue weighted by Gasteiger charge is -2.23. The fourth-order valence-corrected chi connectivity index (χ4v) is 2.08. The summed E-state index contributed by atoms with van der Waals surface area (Å²) in [5.41, 5.74) is 3.00. The molecular weight excluding hydrogens is 198 g/mol. The Morgan fingerprint density at radius 2 is 2.50 bits per heavy atom. The maximum absolute atomic E-state index is 7.32. The first-order chi connectivity index (χ1) is 7.81. The third-order valence-electron chi connectivity index (χ3n) is 2.85. The number of nitrogens with one attached hydrogen (secondary N) is 1. The number of rotatable bonds is 1. The van der Waals surface area contributed by atoms with Crippen LogP contribution >= 0.6 is 0 Å². The number of hydrogen-bond donors (Lipinski definition) is 1. The van der Waals surface area contributed by atoms with Crippen LogP contribution in [-0.4, -0.2) is 17.6 Å². The fraction of sp³-hybridized carbons (Fsp3) is 0.385. The topological polar surface area (TPSA) is 29.3 Å². The first-order valence-corrected chi connectivity index (χ1v) is 5.54. The number of aromatic nitrogens is 1. The van der Waals surface area contributed by atoms with Crippen molar-refractivity contribution < 1.29 is 0 Å². The number of nitrogens with zero attached hydrogens (tertiary/aromatic N) is 2. The van der Waals surface area contributed by atoms with Crippen LogP contribution < -0.4 is 5.32 Å². The van der Waals surface area contributed by atoms with Gasteiger partial charge < -0.3 is 5.32 Å². The van der Waals surface area contributed by atoms with Gasteiger partial charge in [-0.05, 0) is 37.9 Å². The maximum Gasteiger partial charge on any atom is 0.195 e. The predicted molar refractivity (Wildman–Crippen MR) is 64.5 cm³/mol. The van der Waals surface area contributed by atoms with Crippen molar-refractivity contribution in [1.82, 2.24) is 10.3 Å². The quantitative estimate of drug-likeness (QED) is 0.726. The van der Waals surface area contributed by atoms with Crippen LogP contribution in [0.15, 0.2) is 30.1 Å². The van der Waals surface area contributed by atoms with Gasteiger partial charge in [0.25, 0.3) is 0 Å². The molecule has 0 spiro atoms. The highest BCUT2D eigenvalue weighted by atomic mass is 14.9. The standard InChI is InChI=1S/C13H15N3/c1-10-8-11(5-7-16-10)13(14-2)12-4-3-6-15-9-12/h3-4,6,9-10,16H,5,7-8H2,1H3/b13-11+. The van der Waals surface area contributed by atoms with Crippen molar-refractivity contribution in [2.45, 2.75) is 25.8 Å². The zero-order valence-electron chi connectivity index (χ0n) is 9.40. The van der Waals surface area contributed by atoms with Crippen LogP contribution in [-0.2, 0) is 0 Å². The summed E-state index contributed by atoms with van der Waals surface area (Å²) in [6, 6.07) is 4.31. The molecule has 1 unspecified atom stereocenters. The van der Waals surface area contributed by atoms with Gasteiger partial charge in [-0.2, -0.15) is 0 Å². The molecule has 1 N–H and O–H groups in total. The van der Waals surface area contributed by atoms with Gasteiger partial charge in [0.1, 0.15) is 0 Å². The first-order valence-electron chi connectivity index (χ1n) is 5.54. The van der Waals surface area contributed by atoms with Crippen LogP contribution in [0.5, 0.6) is 0 Å². The molecule has 3 heteroatoms. The largest absolute Gasteiger partial charge is 0.314 e. The van der Waals surface area contributed by atoms with E-state index in [1.54, 1.807) is 12.4 Å². The van der Waals surface area contributed by atoms with E-state index in [0.717, 1.165) is 30.6 Å². The van der Waals surface area contributed by atoms with E-state index in [1.807, 2.05) is 12.1 Å². The Labute approximate surface area is 96.0 Å². The summed E-state index contributed by atoms with van der Waals surface area (Å²) in [6.45, 7) is 10.4. The van der Waals surface area contributed by atoms with E-state index >= 15 is 0 Å². The highest BCUT2D eigenvalue weighted by Gasteiger charge is 2.16. The van der Waals surface area contributed by atoms with Crippen molar-refractivity contribution in [3.8, 4) is 0 Å². The Balaban J connectivity index is 2.35. The lowest BCUT2D eigenvalue weighted by molar-refractivity contribution is 0.495. The third kappa shape index (κ3) is 2.29. The van der Waals surface area contributed by atoms with E-state index in [9.17, 15) is 0 Å². The monoisotopic (exact) mass is 213 g/mol. The molecular formula is C13H15N3. The van der Waals surface area contributed by atoms with Gasteiger partial charge in [-0.15, -0.1) is 0 Å². The highest BCUT2D eigenvalue weighted by molar-refractivity contribution is 5.73. The lowest BCUT2D eigenvalue weighted by atomic mass is 9.95. The summed E-state index contributed by atoms with van der Waals surface area (Å²) in [5.74, 6) is 0. The van der Waals surface area contributed by atoms with Crippen molar-refractivity contribution in [2.75, 3.05) is 6.54 Å². The van der Waals surface area contributed by atoms with E-state index in [2.05, 4.69) is 22.1 Å². The second-order valence-electron chi connectivity index (χ2n) is 4.11. The molecule has 0 aliphatic carbocycles. The van der Waals surface area contributed by atoms with Crippen LogP contribution in [0.1, 0.15) is 25.3 Å². The van der Waals surface area contributed by atoms with Crippen molar-refractivity contribution in [3.05, 3.63) is 47.1 Å². The average molecular weight is 213 g/mol. The Morgan fingerprint density at radius 3 is 3.12 bits per heavy atom. The molecule has 2 heterocycles. The van der Waals surface area contributed by atoms with E-state index < -0.39 is 0 Å². The van der Waals surface area contributed by atoms with E-state index in [1.165, 1.54) is 5.57 Å². The molecule has 1 aliphatic heterocycles. The van der Waals surface area contributed by atoms with Gasteiger partial charge >= 0.3 is 0 Å². The second kappa shape index (κ2) is 4.91. The molecule has 2 rings (SSSR count). The summed E-state index contributed by atoms with van der Waals surface area (Å²) in [4.78, 5) is 7.75. The first kappa shape index (κ1) is 10.8. The minimum Gasteiger partial charge on any atom is -0.314 e.